The van der Waals surface area contributed by atoms with Gasteiger partial charge in [0.15, 0.2) is 5.60 Å². The maximum atomic E-state index is 13.3. The van der Waals surface area contributed by atoms with Crippen molar-refractivity contribution in [1.82, 2.24) is 9.21 Å². The van der Waals surface area contributed by atoms with Crippen molar-refractivity contribution in [3.8, 4) is 0 Å². The van der Waals surface area contributed by atoms with Gasteiger partial charge in [0.2, 0.25) is 0 Å². The summed E-state index contributed by atoms with van der Waals surface area (Å²) < 4.78 is 73.6. The minimum absolute atomic E-state index is 0.0654. The molecule has 2 aromatic rings. The first-order valence-corrected chi connectivity index (χ1v) is 13.8. The van der Waals surface area contributed by atoms with Crippen molar-refractivity contribution in [2.45, 2.75) is 42.0 Å². The highest BCUT2D eigenvalue weighted by atomic mass is 32.2. The van der Waals surface area contributed by atoms with Crippen molar-refractivity contribution in [1.29, 1.82) is 0 Å². The summed E-state index contributed by atoms with van der Waals surface area (Å²) in [6, 6.07) is 8.78. The molecule has 0 bridgehead atoms. The van der Waals surface area contributed by atoms with Crippen LogP contribution >= 0.6 is 11.3 Å². The van der Waals surface area contributed by atoms with Crippen LogP contribution in [0.3, 0.4) is 0 Å². The van der Waals surface area contributed by atoms with Gasteiger partial charge in [0.1, 0.15) is 4.21 Å². The van der Waals surface area contributed by atoms with Gasteiger partial charge < -0.3 is 14.7 Å². The van der Waals surface area contributed by atoms with Crippen molar-refractivity contribution in [3.05, 3.63) is 47.3 Å². The van der Waals surface area contributed by atoms with E-state index >= 15 is 0 Å². The van der Waals surface area contributed by atoms with Crippen LogP contribution in [-0.4, -0.2) is 86.9 Å². The number of thiophene rings is 1. The molecule has 3 atom stereocenters. The summed E-state index contributed by atoms with van der Waals surface area (Å²) in [5.74, 6) is 0. The molecule has 2 fully saturated rings. The first kappa shape index (κ1) is 26.4. The van der Waals surface area contributed by atoms with Gasteiger partial charge in [-0.2, -0.15) is 17.5 Å². The number of nitrogens with zero attached hydrogens (tertiary/aromatic N) is 3. The standard InChI is InChI=1S/C23H30F3N3O4S2/c1-17-14-27(11-12-33-17)15-20-16-28(35(31,32)21-4-3-13-34-21)9-10-29(20)19-7-5-18(6-8-19)22(2,30)23(24,25)26/h3-8,13,17,20,30H,9-12,14-16H2,1-2H3. The van der Waals surface area contributed by atoms with Gasteiger partial charge in [-0.25, -0.2) is 8.42 Å². The topological polar surface area (TPSA) is 73.3 Å². The van der Waals surface area contributed by atoms with E-state index in [4.69, 9.17) is 4.74 Å². The molecule has 1 aromatic heterocycles. The fourth-order valence-electron chi connectivity index (χ4n) is 4.57. The maximum Gasteiger partial charge on any atom is 0.421 e. The van der Waals surface area contributed by atoms with Gasteiger partial charge in [-0.05, 0) is 43.0 Å². The summed E-state index contributed by atoms with van der Waals surface area (Å²) >= 11 is 1.18. The second-order valence-electron chi connectivity index (χ2n) is 9.20. The molecule has 1 aromatic carbocycles. The number of hydrogen-bond acceptors (Lipinski definition) is 7. The van der Waals surface area contributed by atoms with Gasteiger partial charge in [0, 0.05) is 45.0 Å². The minimum Gasteiger partial charge on any atom is -0.376 e. The number of halogens is 3. The number of sulfonamides is 1. The molecule has 12 heteroatoms. The zero-order chi connectivity index (χ0) is 25.4. The molecule has 2 saturated heterocycles. The molecule has 3 heterocycles. The van der Waals surface area contributed by atoms with Crippen LogP contribution in [0.25, 0.3) is 0 Å². The highest BCUT2D eigenvalue weighted by Crippen LogP contribution is 2.39. The molecule has 0 radical (unpaired) electrons. The molecule has 1 N–H and O–H groups in total. The fraction of sp³-hybridized carbons (Fsp3) is 0.565. The Kier molecular flexibility index (Phi) is 7.52. The zero-order valence-corrected chi connectivity index (χ0v) is 21.2. The van der Waals surface area contributed by atoms with E-state index in [9.17, 15) is 26.7 Å². The van der Waals surface area contributed by atoms with Crippen molar-refractivity contribution in [3.63, 3.8) is 0 Å². The number of benzene rings is 1. The highest BCUT2D eigenvalue weighted by Gasteiger charge is 2.51. The predicted octanol–water partition coefficient (Wildman–Crippen LogP) is 3.12. The Labute approximate surface area is 207 Å². The van der Waals surface area contributed by atoms with E-state index in [0.717, 1.165) is 20.0 Å². The molecule has 2 aliphatic rings. The van der Waals surface area contributed by atoms with Crippen molar-refractivity contribution in [2.75, 3.05) is 50.8 Å². The molecule has 7 nitrogen and oxygen atoms in total. The van der Waals surface area contributed by atoms with Crippen LogP contribution in [0, 0.1) is 0 Å². The Morgan fingerprint density at radius 2 is 1.83 bits per heavy atom. The van der Waals surface area contributed by atoms with Gasteiger partial charge in [-0.3, -0.25) is 4.90 Å². The monoisotopic (exact) mass is 533 g/mol. The summed E-state index contributed by atoms with van der Waals surface area (Å²) in [6.45, 7) is 6.26. The second-order valence-corrected chi connectivity index (χ2v) is 12.3. The molecule has 35 heavy (non-hydrogen) atoms. The van der Waals surface area contributed by atoms with Crippen LogP contribution < -0.4 is 4.90 Å². The molecule has 4 rings (SSSR count). The van der Waals surface area contributed by atoms with Gasteiger partial charge in [0.05, 0.1) is 18.8 Å². The fourth-order valence-corrected chi connectivity index (χ4v) is 7.19. The normalized spacial score (nSPS) is 24.9. The molecule has 0 spiro atoms. The van der Waals surface area contributed by atoms with Gasteiger partial charge in [0.25, 0.3) is 10.0 Å². The number of morpholine rings is 1. The lowest BCUT2D eigenvalue weighted by atomic mass is 9.95. The van der Waals surface area contributed by atoms with Crippen molar-refractivity contribution >= 4 is 27.0 Å². The van der Waals surface area contributed by atoms with Crippen molar-refractivity contribution in [2.24, 2.45) is 0 Å². The van der Waals surface area contributed by atoms with Crippen LogP contribution in [0.2, 0.25) is 0 Å². The number of hydrogen-bond donors (Lipinski definition) is 1. The first-order valence-electron chi connectivity index (χ1n) is 11.4. The number of piperazine rings is 1. The Bertz CT molecular complexity index is 1090. The van der Waals surface area contributed by atoms with E-state index in [0.29, 0.717) is 29.6 Å². The van der Waals surface area contributed by atoms with E-state index in [1.54, 1.807) is 29.6 Å². The second kappa shape index (κ2) is 9.98. The quantitative estimate of drug-likeness (QED) is 0.615. The Balaban J connectivity index is 1.59. The zero-order valence-electron chi connectivity index (χ0n) is 19.6. The minimum atomic E-state index is -4.80. The molecule has 0 aliphatic carbocycles. The smallest absolute Gasteiger partial charge is 0.376 e. The maximum absolute atomic E-state index is 13.3. The lowest BCUT2D eigenvalue weighted by Crippen LogP contribution is -2.59. The average Bonchev–Trinajstić information content (AvgIpc) is 3.34. The molecular weight excluding hydrogens is 503 g/mol. The summed E-state index contributed by atoms with van der Waals surface area (Å²) in [5.41, 5.74) is -2.51. The third kappa shape index (κ3) is 5.52. The summed E-state index contributed by atoms with van der Waals surface area (Å²) in [6.07, 6.45) is -4.73. The third-order valence-electron chi connectivity index (χ3n) is 6.64. The van der Waals surface area contributed by atoms with Crippen LogP contribution in [-0.2, 0) is 20.4 Å². The SMILES string of the molecule is CC1CN(CC2CN(S(=O)(=O)c3cccs3)CCN2c2ccc(C(C)(O)C(F)(F)F)cc2)CCO1. The molecule has 3 unspecified atom stereocenters. The number of aliphatic hydroxyl groups is 1. The van der Waals surface area contributed by atoms with Gasteiger partial charge in [-0.1, -0.05) is 18.2 Å². The number of rotatable bonds is 6. The number of anilines is 1. The molecule has 0 saturated carbocycles. The third-order valence-corrected chi connectivity index (χ3v) is 9.88. The molecule has 194 valence electrons. The average molecular weight is 534 g/mol. The van der Waals surface area contributed by atoms with Gasteiger partial charge in [-0.15, -0.1) is 11.3 Å². The van der Waals surface area contributed by atoms with E-state index < -0.39 is 21.8 Å². The van der Waals surface area contributed by atoms with Crippen LogP contribution in [0.15, 0.2) is 46.0 Å². The number of ether oxygens (including phenoxy) is 1. The van der Waals surface area contributed by atoms with Crippen LogP contribution in [0.5, 0.6) is 0 Å². The van der Waals surface area contributed by atoms with Gasteiger partial charge >= 0.3 is 6.18 Å². The van der Waals surface area contributed by atoms with Crippen molar-refractivity contribution < 1.29 is 31.4 Å². The summed E-state index contributed by atoms with van der Waals surface area (Å²) in [4.78, 5) is 4.28. The van der Waals surface area contributed by atoms with E-state index in [1.807, 2.05) is 11.8 Å². The lowest BCUT2D eigenvalue weighted by molar-refractivity contribution is -0.258. The van der Waals surface area contributed by atoms with Crippen LogP contribution in [0.4, 0.5) is 18.9 Å². The Hall–Kier alpha value is -1.70. The van der Waals surface area contributed by atoms with E-state index in [2.05, 4.69) is 4.90 Å². The Morgan fingerprint density at radius 1 is 1.11 bits per heavy atom. The molecule has 2 aliphatic heterocycles. The summed E-state index contributed by atoms with van der Waals surface area (Å²) in [7, 11) is -3.63. The largest absolute Gasteiger partial charge is 0.421 e. The van der Waals surface area contributed by atoms with E-state index in [-0.39, 0.29) is 30.8 Å². The Morgan fingerprint density at radius 3 is 2.43 bits per heavy atom. The molecule has 0 amide bonds. The highest BCUT2D eigenvalue weighted by molar-refractivity contribution is 7.91. The predicted molar refractivity (Wildman–Crippen MR) is 128 cm³/mol. The lowest BCUT2D eigenvalue weighted by Gasteiger charge is -2.45. The molecular formula is C23H30F3N3O4S2. The van der Waals surface area contributed by atoms with E-state index in [1.165, 1.54) is 27.8 Å². The summed E-state index contributed by atoms with van der Waals surface area (Å²) in [5, 5.41) is 11.7. The van der Waals surface area contributed by atoms with Crippen LogP contribution in [0.1, 0.15) is 19.4 Å². The number of alkyl halides is 3. The first-order chi connectivity index (χ1) is 16.4.